The Bertz CT molecular complexity index is 1160. The van der Waals surface area contributed by atoms with Crippen LogP contribution in [0.5, 0.6) is 11.5 Å². The molecule has 2 aliphatic carbocycles. The van der Waals surface area contributed by atoms with Crippen molar-refractivity contribution in [2.24, 2.45) is 23.2 Å². The van der Waals surface area contributed by atoms with Gasteiger partial charge in [-0.2, -0.15) is 0 Å². The van der Waals surface area contributed by atoms with E-state index < -0.39 is 6.10 Å². The van der Waals surface area contributed by atoms with Crippen LogP contribution in [0.15, 0.2) is 18.2 Å². The topological polar surface area (TPSA) is 87.2 Å². The Labute approximate surface area is 230 Å². The smallest absolute Gasteiger partial charge is 0.225 e. The fourth-order valence-electron chi connectivity index (χ4n) is 7.12. The van der Waals surface area contributed by atoms with Crippen molar-refractivity contribution in [2.75, 3.05) is 52.8 Å². The van der Waals surface area contributed by atoms with Gasteiger partial charge in [0.2, 0.25) is 5.91 Å². The van der Waals surface area contributed by atoms with Gasteiger partial charge >= 0.3 is 0 Å². The van der Waals surface area contributed by atoms with Crippen molar-refractivity contribution in [1.82, 2.24) is 14.8 Å². The number of hydrogen-bond donors (Lipinski definition) is 2. The summed E-state index contributed by atoms with van der Waals surface area (Å²) in [6.07, 6.45) is 2.26. The van der Waals surface area contributed by atoms with Gasteiger partial charge in [-0.05, 0) is 55.7 Å². The van der Waals surface area contributed by atoms with Gasteiger partial charge in [0.15, 0.2) is 5.13 Å². The average Bonchev–Trinajstić information content (AvgIpc) is 3.30. The summed E-state index contributed by atoms with van der Waals surface area (Å²) < 4.78 is 10.9. The molecule has 1 saturated heterocycles. The molecule has 1 aromatic carbocycles. The Kier molecular flexibility index (Phi) is 7.64. The number of amides is 1. The van der Waals surface area contributed by atoms with Crippen LogP contribution >= 0.6 is 11.3 Å². The molecule has 6 atom stereocenters. The first-order chi connectivity index (χ1) is 18.1. The fraction of sp³-hybridized carbons (Fsp3) is 0.655. The van der Waals surface area contributed by atoms with Gasteiger partial charge in [0, 0.05) is 49.0 Å². The summed E-state index contributed by atoms with van der Waals surface area (Å²) in [4.78, 5) is 24.0. The third-order valence-electron chi connectivity index (χ3n) is 9.42. The van der Waals surface area contributed by atoms with Crippen LogP contribution in [-0.2, 0) is 11.2 Å². The van der Waals surface area contributed by atoms with E-state index in [1.807, 2.05) is 30.0 Å². The van der Waals surface area contributed by atoms with Gasteiger partial charge in [0.05, 0.1) is 31.7 Å². The van der Waals surface area contributed by atoms with E-state index in [-0.39, 0.29) is 35.0 Å². The standard InChI is InChI=1S/C29H42N4O4S/c1-17(27(35)33-13-11-32(4)12-14-33)20-9-10-29(3)16-23-25(18(2)24(29)26(20)34)31-28(38-23)30-21-15-19(36-5)7-8-22(21)37-6/h7-8,15,17-18,20,24,26,34H,9-14,16H2,1-6H3,(H,30,31)/t17-,18-,20+,24+,26-,29-/m0/s1. The number of fused-ring (bicyclic) bond motifs is 2. The normalized spacial score (nSPS) is 30.2. The number of aliphatic hydroxyl groups is 1. The lowest BCUT2D eigenvalue weighted by Gasteiger charge is -2.53. The minimum Gasteiger partial charge on any atom is -0.497 e. The molecule has 2 fully saturated rings. The number of anilines is 2. The number of aliphatic hydroxyl groups excluding tert-OH is 1. The highest BCUT2D eigenvalue weighted by Gasteiger charge is 2.54. The van der Waals surface area contributed by atoms with E-state index in [0.717, 1.165) is 73.5 Å². The molecule has 1 aliphatic heterocycles. The molecule has 5 rings (SSSR count). The Morgan fingerprint density at radius 1 is 1.24 bits per heavy atom. The summed E-state index contributed by atoms with van der Waals surface area (Å²) in [5.41, 5.74) is 1.86. The van der Waals surface area contributed by atoms with Gasteiger partial charge in [-0.3, -0.25) is 4.79 Å². The van der Waals surface area contributed by atoms with E-state index in [9.17, 15) is 9.90 Å². The van der Waals surface area contributed by atoms with Crippen molar-refractivity contribution in [2.45, 2.75) is 52.1 Å². The van der Waals surface area contributed by atoms with Crippen molar-refractivity contribution < 1.29 is 19.4 Å². The molecule has 3 aliphatic rings. The van der Waals surface area contributed by atoms with E-state index in [1.54, 1.807) is 25.6 Å². The second-order valence-electron chi connectivity index (χ2n) is 11.8. The molecule has 2 aromatic rings. The summed E-state index contributed by atoms with van der Waals surface area (Å²) in [7, 11) is 5.40. The van der Waals surface area contributed by atoms with Crippen molar-refractivity contribution in [3.8, 4) is 11.5 Å². The third-order valence-corrected chi connectivity index (χ3v) is 10.4. The quantitative estimate of drug-likeness (QED) is 0.561. The van der Waals surface area contributed by atoms with Crippen molar-refractivity contribution in [1.29, 1.82) is 0 Å². The zero-order valence-electron chi connectivity index (χ0n) is 23.5. The number of methoxy groups -OCH3 is 2. The molecule has 0 unspecified atom stereocenters. The maximum absolute atomic E-state index is 13.4. The minimum atomic E-state index is -0.528. The number of nitrogens with zero attached hydrogens (tertiary/aromatic N) is 3. The van der Waals surface area contributed by atoms with Gasteiger partial charge in [-0.1, -0.05) is 20.8 Å². The Morgan fingerprint density at radius 2 is 1.97 bits per heavy atom. The van der Waals surface area contributed by atoms with Crippen LogP contribution in [0.25, 0.3) is 0 Å². The summed E-state index contributed by atoms with van der Waals surface area (Å²) in [5.74, 6) is 1.63. The van der Waals surface area contributed by atoms with Crippen LogP contribution < -0.4 is 14.8 Å². The lowest BCUT2D eigenvalue weighted by atomic mass is 9.53. The summed E-state index contributed by atoms with van der Waals surface area (Å²) >= 11 is 1.69. The first-order valence-corrected chi connectivity index (χ1v) is 14.6. The molecular formula is C29H42N4O4S. The number of likely N-dealkylation sites (N-methyl/N-ethyl adjacent to an activating group) is 1. The van der Waals surface area contributed by atoms with E-state index in [4.69, 9.17) is 14.5 Å². The number of nitrogens with one attached hydrogen (secondary N) is 1. The average molecular weight is 543 g/mol. The molecule has 2 heterocycles. The SMILES string of the molecule is COc1ccc(OC)c(Nc2nc3c(s2)C[C@]2(C)CC[C@H]([C@H](C)C(=O)N4CCN(C)CC4)[C@H](O)[C@H]2[C@@H]3C)c1. The number of benzene rings is 1. The largest absolute Gasteiger partial charge is 0.497 e. The molecule has 0 bridgehead atoms. The molecule has 2 N–H and O–H groups in total. The Morgan fingerprint density at radius 3 is 2.66 bits per heavy atom. The highest BCUT2D eigenvalue weighted by Crippen LogP contribution is 2.57. The zero-order valence-corrected chi connectivity index (χ0v) is 24.3. The van der Waals surface area contributed by atoms with Crippen molar-refractivity contribution >= 4 is 28.1 Å². The van der Waals surface area contributed by atoms with Crippen molar-refractivity contribution in [3.05, 3.63) is 28.8 Å². The highest BCUT2D eigenvalue weighted by atomic mass is 32.1. The van der Waals surface area contributed by atoms with Gasteiger partial charge < -0.3 is 29.7 Å². The molecule has 1 saturated carbocycles. The number of piperazine rings is 1. The lowest BCUT2D eigenvalue weighted by molar-refractivity contribution is -0.146. The zero-order chi connectivity index (χ0) is 27.2. The van der Waals surface area contributed by atoms with Crippen LogP contribution in [0.3, 0.4) is 0 Å². The first kappa shape index (κ1) is 27.2. The van der Waals surface area contributed by atoms with E-state index in [2.05, 4.69) is 31.1 Å². The van der Waals surface area contributed by atoms with Gasteiger partial charge in [0.25, 0.3) is 0 Å². The van der Waals surface area contributed by atoms with E-state index >= 15 is 0 Å². The van der Waals surface area contributed by atoms with Gasteiger partial charge in [-0.15, -0.1) is 11.3 Å². The molecular weight excluding hydrogens is 500 g/mol. The molecule has 38 heavy (non-hydrogen) atoms. The van der Waals surface area contributed by atoms with E-state index in [1.165, 1.54) is 4.88 Å². The molecule has 8 nitrogen and oxygen atoms in total. The summed E-state index contributed by atoms with van der Waals surface area (Å²) in [5, 5.41) is 16.1. The summed E-state index contributed by atoms with van der Waals surface area (Å²) in [6, 6.07) is 5.67. The van der Waals surface area contributed by atoms with Crippen LogP contribution in [0.4, 0.5) is 10.8 Å². The predicted octanol–water partition coefficient (Wildman–Crippen LogP) is 4.37. The number of rotatable bonds is 6. The first-order valence-electron chi connectivity index (χ1n) is 13.8. The number of thiazole rings is 1. The maximum atomic E-state index is 13.4. The number of hydrogen-bond acceptors (Lipinski definition) is 8. The summed E-state index contributed by atoms with van der Waals surface area (Å²) in [6.45, 7) is 9.92. The lowest BCUT2D eigenvalue weighted by Crippen LogP contribution is -2.55. The highest BCUT2D eigenvalue weighted by molar-refractivity contribution is 7.15. The minimum absolute atomic E-state index is 0.0175. The van der Waals surface area contributed by atoms with Crippen molar-refractivity contribution in [3.63, 3.8) is 0 Å². The molecule has 208 valence electrons. The number of carbonyl (C=O) groups is 1. The maximum Gasteiger partial charge on any atom is 0.225 e. The second-order valence-corrected chi connectivity index (χ2v) is 12.9. The molecule has 1 aromatic heterocycles. The number of carbonyl (C=O) groups excluding carboxylic acids is 1. The van der Waals surface area contributed by atoms with Crippen LogP contribution in [-0.4, -0.2) is 79.3 Å². The predicted molar refractivity (Wildman–Crippen MR) is 151 cm³/mol. The van der Waals surface area contributed by atoms with Crippen LogP contribution in [0, 0.1) is 23.2 Å². The number of ether oxygens (including phenoxy) is 2. The van der Waals surface area contributed by atoms with Crippen LogP contribution in [0.1, 0.15) is 50.1 Å². The number of aromatic nitrogens is 1. The van der Waals surface area contributed by atoms with Gasteiger partial charge in [0.1, 0.15) is 11.5 Å². The fourth-order valence-corrected chi connectivity index (χ4v) is 8.40. The second kappa shape index (κ2) is 10.7. The van der Waals surface area contributed by atoms with E-state index in [0.29, 0.717) is 0 Å². The molecule has 1 amide bonds. The molecule has 9 heteroatoms. The van der Waals surface area contributed by atoms with Gasteiger partial charge in [-0.25, -0.2) is 4.98 Å². The third kappa shape index (κ3) is 4.89. The van der Waals surface area contributed by atoms with Crippen LogP contribution in [0.2, 0.25) is 0 Å². The molecule has 0 radical (unpaired) electrons. The Balaban J connectivity index is 1.35. The molecule has 0 spiro atoms. The monoisotopic (exact) mass is 542 g/mol. The Hall–Kier alpha value is -2.36.